The maximum atomic E-state index is 12.3. The lowest BCUT2D eigenvalue weighted by Crippen LogP contribution is -2.45. The Kier molecular flexibility index (Phi) is 7.50. The monoisotopic (exact) mass is 448 g/mol. The van der Waals surface area contributed by atoms with Crippen LogP contribution in [0.25, 0.3) is 0 Å². The highest BCUT2D eigenvalue weighted by Gasteiger charge is 2.28. The molecule has 1 aliphatic rings. The Labute approximate surface area is 182 Å². The Hall–Kier alpha value is -2.65. The SMILES string of the molecule is CC1CCCC(NC(=O)COC(=O)c2ccc(S(=O)(=O)NCc3ccco3)cc2)C1C. The van der Waals surface area contributed by atoms with E-state index in [1.807, 2.05) is 0 Å². The number of esters is 1. The number of furan rings is 1. The second-order valence-electron chi connectivity index (χ2n) is 7.95. The highest BCUT2D eigenvalue weighted by molar-refractivity contribution is 7.89. The van der Waals surface area contributed by atoms with Crippen LogP contribution in [0, 0.1) is 11.8 Å². The van der Waals surface area contributed by atoms with Crippen LogP contribution in [-0.4, -0.2) is 32.9 Å². The van der Waals surface area contributed by atoms with Gasteiger partial charge in [0.25, 0.3) is 5.91 Å². The van der Waals surface area contributed by atoms with E-state index in [-0.39, 0.29) is 35.6 Å². The van der Waals surface area contributed by atoms with Gasteiger partial charge in [0.1, 0.15) is 5.76 Å². The minimum Gasteiger partial charge on any atom is -0.468 e. The van der Waals surface area contributed by atoms with Crippen LogP contribution in [0.3, 0.4) is 0 Å². The summed E-state index contributed by atoms with van der Waals surface area (Å²) in [4.78, 5) is 24.4. The Morgan fingerprint density at radius 3 is 2.55 bits per heavy atom. The zero-order valence-corrected chi connectivity index (χ0v) is 18.5. The molecule has 1 amide bonds. The van der Waals surface area contributed by atoms with E-state index in [0.717, 1.165) is 19.3 Å². The number of ether oxygens (including phenoxy) is 1. The third-order valence-corrected chi connectivity index (χ3v) is 7.22. The molecule has 168 valence electrons. The first kappa shape index (κ1) is 23.0. The summed E-state index contributed by atoms with van der Waals surface area (Å²) in [7, 11) is -3.76. The molecule has 1 saturated carbocycles. The van der Waals surface area contributed by atoms with Gasteiger partial charge in [0.15, 0.2) is 6.61 Å². The Morgan fingerprint density at radius 1 is 1.13 bits per heavy atom. The van der Waals surface area contributed by atoms with Crippen LogP contribution < -0.4 is 10.0 Å². The molecule has 3 rings (SSSR count). The molecule has 3 atom stereocenters. The molecule has 2 N–H and O–H groups in total. The molecule has 1 heterocycles. The summed E-state index contributed by atoms with van der Waals surface area (Å²) in [6.07, 6.45) is 4.62. The largest absolute Gasteiger partial charge is 0.468 e. The maximum Gasteiger partial charge on any atom is 0.338 e. The van der Waals surface area contributed by atoms with Crippen LogP contribution in [0.2, 0.25) is 0 Å². The van der Waals surface area contributed by atoms with Crippen LogP contribution in [0.1, 0.15) is 49.2 Å². The van der Waals surface area contributed by atoms with Crippen LogP contribution in [0.5, 0.6) is 0 Å². The van der Waals surface area contributed by atoms with Crippen molar-refractivity contribution in [1.29, 1.82) is 0 Å². The molecule has 0 bridgehead atoms. The average molecular weight is 449 g/mol. The fraction of sp³-hybridized carbons (Fsp3) is 0.455. The normalized spacial score (nSPS) is 21.4. The summed E-state index contributed by atoms with van der Waals surface area (Å²) in [6.45, 7) is 3.95. The molecule has 31 heavy (non-hydrogen) atoms. The highest BCUT2D eigenvalue weighted by Crippen LogP contribution is 2.29. The van der Waals surface area contributed by atoms with Crippen molar-refractivity contribution in [1.82, 2.24) is 10.0 Å². The minimum atomic E-state index is -3.76. The van der Waals surface area contributed by atoms with Gasteiger partial charge in [0.05, 0.1) is 23.3 Å². The molecule has 0 radical (unpaired) electrons. The van der Waals surface area contributed by atoms with E-state index in [1.165, 1.54) is 30.5 Å². The predicted octanol–water partition coefficient (Wildman–Crippen LogP) is 2.86. The van der Waals surface area contributed by atoms with Gasteiger partial charge >= 0.3 is 5.97 Å². The quantitative estimate of drug-likeness (QED) is 0.600. The molecule has 8 nitrogen and oxygen atoms in total. The van der Waals surface area contributed by atoms with Crippen LogP contribution >= 0.6 is 0 Å². The highest BCUT2D eigenvalue weighted by atomic mass is 32.2. The summed E-state index contributed by atoms with van der Waals surface area (Å²) in [5.74, 6) is 0.390. The minimum absolute atomic E-state index is 0.00811. The van der Waals surface area contributed by atoms with Gasteiger partial charge in [-0.2, -0.15) is 0 Å². The summed E-state index contributed by atoms with van der Waals surface area (Å²) in [5.41, 5.74) is 0.164. The Morgan fingerprint density at radius 2 is 1.87 bits per heavy atom. The molecule has 2 aromatic rings. The molecule has 1 fully saturated rings. The maximum absolute atomic E-state index is 12.3. The van der Waals surface area contributed by atoms with E-state index in [0.29, 0.717) is 17.6 Å². The van der Waals surface area contributed by atoms with Crippen molar-refractivity contribution in [3.8, 4) is 0 Å². The van der Waals surface area contributed by atoms with Crippen molar-refractivity contribution in [2.24, 2.45) is 11.8 Å². The van der Waals surface area contributed by atoms with Gasteiger partial charge in [-0.1, -0.05) is 26.7 Å². The number of amides is 1. The summed E-state index contributed by atoms with van der Waals surface area (Å²) in [6, 6.07) is 8.75. The molecule has 1 aromatic heterocycles. The van der Waals surface area contributed by atoms with Crippen molar-refractivity contribution in [3.05, 3.63) is 54.0 Å². The molecule has 1 aliphatic carbocycles. The number of hydrogen-bond donors (Lipinski definition) is 2. The molecular weight excluding hydrogens is 420 g/mol. The van der Waals surface area contributed by atoms with E-state index in [4.69, 9.17) is 9.15 Å². The first-order chi connectivity index (χ1) is 14.8. The standard InChI is InChI=1S/C22H28N2O6S/c1-15-5-3-7-20(16(15)2)24-21(25)14-30-22(26)17-8-10-19(11-9-17)31(27,28)23-13-18-6-4-12-29-18/h4,6,8-12,15-16,20,23H,3,5,7,13-14H2,1-2H3,(H,24,25). The second-order valence-corrected chi connectivity index (χ2v) is 9.71. The van der Waals surface area contributed by atoms with Gasteiger partial charge < -0.3 is 14.5 Å². The van der Waals surface area contributed by atoms with E-state index in [2.05, 4.69) is 23.9 Å². The van der Waals surface area contributed by atoms with Crippen LogP contribution in [-0.2, 0) is 26.1 Å². The molecule has 0 saturated heterocycles. The first-order valence-electron chi connectivity index (χ1n) is 10.3. The summed E-state index contributed by atoms with van der Waals surface area (Å²) < 4.78 is 37.3. The Bertz CT molecular complexity index is 986. The number of hydrogen-bond acceptors (Lipinski definition) is 6. The number of carbonyl (C=O) groups excluding carboxylic acids is 2. The molecule has 0 spiro atoms. The van der Waals surface area contributed by atoms with E-state index in [1.54, 1.807) is 12.1 Å². The summed E-state index contributed by atoms with van der Waals surface area (Å²) in [5, 5.41) is 2.95. The molecule has 9 heteroatoms. The van der Waals surface area contributed by atoms with Gasteiger partial charge in [0, 0.05) is 6.04 Å². The van der Waals surface area contributed by atoms with Gasteiger partial charge in [-0.25, -0.2) is 17.9 Å². The lowest BCUT2D eigenvalue weighted by molar-refractivity contribution is -0.125. The number of nitrogens with one attached hydrogen (secondary N) is 2. The fourth-order valence-electron chi connectivity index (χ4n) is 3.68. The van der Waals surface area contributed by atoms with Gasteiger partial charge in [-0.05, 0) is 54.7 Å². The third kappa shape index (κ3) is 6.18. The number of carbonyl (C=O) groups is 2. The van der Waals surface area contributed by atoms with Crippen molar-refractivity contribution in [2.75, 3.05) is 6.61 Å². The van der Waals surface area contributed by atoms with Gasteiger partial charge in [-0.15, -0.1) is 0 Å². The van der Waals surface area contributed by atoms with Crippen molar-refractivity contribution < 1.29 is 27.2 Å². The van der Waals surface area contributed by atoms with Crippen LogP contribution in [0.4, 0.5) is 0 Å². The lowest BCUT2D eigenvalue weighted by atomic mass is 9.78. The average Bonchev–Trinajstić information content (AvgIpc) is 3.28. The first-order valence-corrected chi connectivity index (χ1v) is 11.8. The smallest absolute Gasteiger partial charge is 0.338 e. The van der Waals surface area contributed by atoms with Crippen molar-refractivity contribution in [2.45, 2.75) is 50.6 Å². The van der Waals surface area contributed by atoms with Gasteiger partial charge in [-0.3, -0.25) is 4.79 Å². The van der Waals surface area contributed by atoms with Crippen LogP contribution in [0.15, 0.2) is 52.0 Å². The molecule has 1 aromatic carbocycles. The zero-order valence-electron chi connectivity index (χ0n) is 17.7. The van der Waals surface area contributed by atoms with Crippen molar-refractivity contribution >= 4 is 21.9 Å². The molecular formula is C22H28N2O6S. The van der Waals surface area contributed by atoms with E-state index in [9.17, 15) is 18.0 Å². The topological polar surface area (TPSA) is 115 Å². The molecule has 0 aliphatic heterocycles. The fourth-order valence-corrected chi connectivity index (χ4v) is 4.67. The number of rotatable bonds is 8. The van der Waals surface area contributed by atoms with Crippen molar-refractivity contribution in [3.63, 3.8) is 0 Å². The third-order valence-electron chi connectivity index (χ3n) is 5.80. The van der Waals surface area contributed by atoms with E-state index >= 15 is 0 Å². The lowest BCUT2D eigenvalue weighted by Gasteiger charge is -2.34. The zero-order chi connectivity index (χ0) is 22.4. The van der Waals surface area contributed by atoms with E-state index < -0.39 is 16.0 Å². The van der Waals surface area contributed by atoms with Gasteiger partial charge in [0.2, 0.25) is 10.0 Å². The number of benzene rings is 1. The predicted molar refractivity (Wildman–Crippen MR) is 114 cm³/mol. The summed E-state index contributed by atoms with van der Waals surface area (Å²) >= 11 is 0. The Balaban J connectivity index is 1.50. The number of sulfonamides is 1. The molecule has 3 unspecified atom stereocenters. The second kappa shape index (κ2) is 10.1.